The van der Waals surface area contributed by atoms with E-state index in [1.165, 1.54) is 5.56 Å². The number of anilines is 1. The van der Waals surface area contributed by atoms with Gasteiger partial charge in [-0.15, -0.1) is 0 Å². The molecule has 0 aliphatic heterocycles. The van der Waals surface area contributed by atoms with Crippen molar-refractivity contribution in [3.8, 4) is 5.69 Å². The van der Waals surface area contributed by atoms with E-state index in [-0.39, 0.29) is 6.03 Å². The molecule has 134 valence electrons. The number of nitrogens with one attached hydrogen (secondary N) is 2. The number of hydrogen-bond donors (Lipinski definition) is 2. The molecule has 1 aromatic heterocycles. The topological polar surface area (TPSA) is 49.3 Å². The Morgan fingerprint density at radius 3 is 2.42 bits per heavy atom. The van der Waals surface area contributed by atoms with Gasteiger partial charge in [0.05, 0.1) is 0 Å². The fourth-order valence-electron chi connectivity index (χ4n) is 2.83. The first-order valence-corrected chi connectivity index (χ1v) is 8.61. The van der Waals surface area contributed by atoms with Crippen LogP contribution in [-0.2, 0) is 13.1 Å². The van der Waals surface area contributed by atoms with Crippen LogP contribution in [0.5, 0.6) is 0 Å². The molecule has 0 saturated carbocycles. The van der Waals surface area contributed by atoms with Crippen LogP contribution < -0.4 is 10.6 Å². The van der Waals surface area contributed by atoms with Crippen LogP contribution in [0, 0.1) is 0 Å². The van der Waals surface area contributed by atoms with E-state index >= 15 is 0 Å². The molecule has 3 aromatic rings. The molecule has 0 saturated heterocycles. The monoisotopic (exact) mass is 348 g/mol. The van der Waals surface area contributed by atoms with Crippen molar-refractivity contribution in [2.45, 2.75) is 13.1 Å². The zero-order chi connectivity index (χ0) is 18.4. The SMILES string of the molecule is CN(C)Cc1ccccc1CNC(=O)Nc1cccc(-n2cccc2)c1. The number of hydrogen-bond acceptors (Lipinski definition) is 2. The van der Waals surface area contributed by atoms with Gasteiger partial charge in [0.15, 0.2) is 0 Å². The highest BCUT2D eigenvalue weighted by Crippen LogP contribution is 2.15. The molecule has 1 heterocycles. The largest absolute Gasteiger partial charge is 0.334 e. The molecule has 0 aliphatic carbocycles. The fourth-order valence-corrected chi connectivity index (χ4v) is 2.83. The molecule has 0 unspecified atom stereocenters. The number of aromatic nitrogens is 1. The molecule has 2 aromatic carbocycles. The number of benzene rings is 2. The van der Waals surface area contributed by atoms with Gasteiger partial charge in [-0.25, -0.2) is 4.79 Å². The summed E-state index contributed by atoms with van der Waals surface area (Å²) in [7, 11) is 4.07. The van der Waals surface area contributed by atoms with Crippen LogP contribution in [0.25, 0.3) is 5.69 Å². The van der Waals surface area contributed by atoms with Crippen LogP contribution in [0.15, 0.2) is 73.1 Å². The van der Waals surface area contributed by atoms with E-state index in [9.17, 15) is 4.79 Å². The van der Waals surface area contributed by atoms with Crippen molar-refractivity contribution < 1.29 is 4.79 Å². The van der Waals surface area contributed by atoms with Crippen LogP contribution in [-0.4, -0.2) is 29.6 Å². The molecular weight excluding hydrogens is 324 g/mol. The Morgan fingerprint density at radius 1 is 0.962 bits per heavy atom. The summed E-state index contributed by atoms with van der Waals surface area (Å²) in [6.45, 7) is 1.34. The molecule has 0 radical (unpaired) electrons. The predicted molar refractivity (Wildman–Crippen MR) is 105 cm³/mol. The summed E-state index contributed by atoms with van der Waals surface area (Å²) in [5.41, 5.74) is 4.10. The van der Waals surface area contributed by atoms with E-state index in [0.29, 0.717) is 6.54 Å². The van der Waals surface area contributed by atoms with Crippen molar-refractivity contribution in [2.24, 2.45) is 0 Å². The van der Waals surface area contributed by atoms with Gasteiger partial charge in [-0.3, -0.25) is 0 Å². The van der Waals surface area contributed by atoms with Gasteiger partial charge in [0.25, 0.3) is 0 Å². The molecule has 0 fully saturated rings. The van der Waals surface area contributed by atoms with Gasteiger partial charge in [0, 0.05) is 36.9 Å². The predicted octanol–water partition coefficient (Wildman–Crippen LogP) is 3.86. The average Bonchev–Trinajstić information content (AvgIpc) is 3.15. The molecule has 2 amide bonds. The minimum atomic E-state index is -0.214. The van der Waals surface area contributed by atoms with E-state index in [1.54, 1.807) is 0 Å². The Morgan fingerprint density at radius 2 is 1.69 bits per heavy atom. The minimum absolute atomic E-state index is 0.214. The van der Waals surface area contributed by atoms with Gasteiger partial charge in [-0.05, 0) is 55.6 Å². The summed E-state index contributed by atoms with van der Waals surface area (Å²) in [5, 5.41) is 5.84. The fraction of sp³-hybridized carbons (Fsp3) is 0.190. The van der Waals surface area contributed by atoms with Gasteiger partial charge in [0.1, 0.15) is 0 Å². The average molecular weight is 348 g/mol. The number of rotatable bonds is 6. The van der Waals surface area contributed by atoms with Crippen molar-refractivity contribution in [3.63, 3.8) is 0 Å². The van der Waals surface area contributed by atoms with E-state index < -0.39 is 0 Å². The summed E-state index contributed by atoms with van der Waals surface area (Å²) in [6, 6.07) is 19.6. The highest BCUT2D eigenvalue weighted by molar-refractivity contribution is 5.89. The van der Waals surface area contributed by atoms with Crippen molar-refractivity contribution in [1.29, 1.82) is 0 Å². The maximum atomic E-state index is 12.3. The highest BCUT2D eigenvalue weighted by Gasteiger charge is 2.06. The first-order chi connectivity index (χ1) is 12.6. The summed E-state index contributed by atoms with van der Waals surface area (Å²) < 4.78 is 2.00. The Bertz CT molecular complexity index is 856. The molecule has 5 heteroatoms. The lowest BCUT2D eigenvalue weighted by molar-refractivity contribution is 0.251. The van der Waals surface area contributed by atoms with Gasteiger partial charge in [0.2, 0.25) is 0 Å². The lowest BCUT2D eigenvalue weighted by Crippen LogP contribution is -2.28. The molecule has 5 nitrogen and oxygen atoms in total. The van der Waals surface area contributed by atoms with E-state index in [1.807, 2.05) is 85.7 Å². The lowest BCUT2D eigenvalue weighted by Gasteiger charge is -2.15. The third kappa shape index (κ3) is 4.74. The summed E-state index contributed by atoms with van der Waals surface area (Å²) in [4.78, 5) is 14.4. The van der Waals surface area contributed by atoms with E-state index in [0.717, 1.165) is 23.5 Å². The summed E-state index contributed by atoms with van der Waals surface area (Å²) in [5.74, 6) is 0. The third-order valence-corrected chi connectivity index (χ3v) is 4.05. The number of carbonyl (C=O) groups excluding carboxylic acids is 1. The Balaban J connectivity index is 1.61. The number of carbonyl (C=O) groups is 1. The smallest absolute Gasteiger partial charge is 0.319 e. The quantitative estimate of drug-likeness (QED) is 0.711. The normalized spacial score (nSPS) is 10.7. The molecular formula is C21H24N4O. The van der Waals surface area contributed by atoms with E-state index in [4.69, 9.17) is 0 Å². The standard InChI is InChI=1S/C21H24N4O/c1-24(2)16-18-9-4-3-8-17(18)15-22-21(26)23-19-10-7-11-20(14-19)25-12-5-6-13-25/h3-14H,15-16H2,1-2H3,(H2,22,23,26). The second-order valence-electron chi connectivity index (χ2n) is 6.45. The first kappa shape index (κ1) is 17.8. The zero-order valence-electron chi connectivity index (χ0n) is 15.1. The van der Waals surface area contributed by atoms with Crippen LogP contribution in [0.2, 0.25) is 0 Å². The van der Waals surface area contributed by atoms with Crippen LogP contribution >= 0.6 is 0 Å². The van der Waals surface area contributed by atoms with Crippen molar-refractivity contribution in [3.05, 3.63) is 84.2 Å². The number of nitrogens with zero attached hydrogens (tertiary/aromatic N) is 2. The van der Waals surface area contributed by atoms with Crippen molar-refractivity contribution >= 4 is 11.7 Å². The first-order valence-electron chi connectivity index (χ1n) is 8.61. The van der Waals surface area contributed by atoms with Crippen LogP contribution in [0.3, 0.4) is 0 Å². The second kappa shape index (κ2) is 8.36. The minimum Gasteiger partial charge on any atom is -0.334 e. The summed E-state index contributed by atoms with van der Waals surface area (Å²) >= 11 is 0. The molecule has 0 atom stereocenters. The number of amides is 2. The van der Waals surface area contributed by atoms with Gasteiger partial charge in [-0.1, -0.05) is 30.3 Å². The second-order valence-corrected chi connectivity index (χ2v) is 6.45. The molecule has 3 rings (SSSR count). The maximum Gasteiger partial charge on any atom is 0.319 e. The van der Waals surface area contributed by atoms with Crippen LogP contribution in [0.1, 0.15) is 11.1 Å². The maximum absolute atomic E-state index is 12.3. The lowest BCUT2D eigenvalue weighted by atomic mass is 10.1. The number of urea groups is 1. The van der Waals surface area contributed by atoms with Crippen molar-refractivity contribution in [1.82, 2.24) is 14.8 Å². The van der Waals surface area contributed by atoms with Gasteiger partial charge >= 0.3 is 6.03 Å². The van der Waals surface area contributed by atoms with Gasteiger partial charge < -0.3 is 20.1 Å². The molecule has 0 spiro atoms. The highest BCUT2D eigenvalue weighted by atomic mass is 16.2. The van der Waals surface area contributed by atoms with E-state index in [2.05, 4.69) is 21.6 Å². The van der Waals surface area contributed by atoms with Crippen molar-refractivity contribution in [2.75, 3.05) is 19.4 Å². The Hall–Kier alpha value is -3.05. The summed E-state index contributed by atoms with van der Waals surface area (Å²) in [6.07, 6.45) is 3.95. The Labute approximate surface area is 154 Å². The third-order valence-electron chi connectivity index (χ3n) is 4.05. The Kier molecular flexibility index (Phi) is 5.71. The molecule has 26 heavy (non-hydrogen) atoms. The molecule has 0 aliphatic rings. The van der Waals surface area contributed by atoms with Gasteiger partial charge in [-0.2, -0.15) is 0 Å². The molecule has 0 bridgehead atoms. The van der Waals surface area contributed by atoms with Crippen LogP contribution in [0.4, 0.5) is 10.5 Å². The molecule has 2 N–H and O–H groups in total. The zero-order valence-corrected chi connectivity index (χ0v) is 15.1.